The van der Waals surface area contributed by atoms with Crippen molar-refractivity contribution in [2.75, 3.05) is 5.32 Å². The van der Waals surface area contributed by atoms with Gasteiger partial charge in [0.05, 0.1) is 5.69 Å². The number of fused-ring (bicyclic) bond motifs is 1. The van der Waals surface area contributed by atoms with Crippen LogP contribution >= 0.6 is 0 Å². The highest BCUT2D eigenvalue weighted by Gasteiger charge is 2.08. The lowest BCUT2D eigenvalue weighted by molar-refractivity contribution is 0.102. The van der Waals surface area contributed by atoms with Crippen LogP contribution < -0.4 is 10.1 Å². The number of imidazole rings is 1. The Kier molecular flexibility index (Phi) is 4.81. The lowest BCUT2D eigenvalue weighted by Gasteiger charge is -2.09. The number of hydrogen-bond donors (Lipinski definition) is 1. The molecule has 140 valence electrons. The van der Waals surface area contributed by atoms with Crippen LogP contribution in [0.2, 0.25) is 0 Å². The molecule has 0 radical (unpaired) electrons. The zero-order chi connectivity index (χ0) is 19.5. The minimum absolute atomic E-state index is 0.142. The van der Waals surface area contributed by atoms with E-state index in [9.17, 15) is 4.79 Å². The number of anilines is 1. The maximum Gasteiger partial charge on any atom is 0.255 e. The summed E-state index contributed by atoms with van der Waals surface area (Å²) >= 11 is 0. The Hall–Kier alpha value is -3.60. The minimum Gasteiger partial charge on any atom is -0.487 e. The molecule has 0 unspecified atom stereocenters. The monoisotopic (exact) mass is 371 g/mol. The molecule has 5 nitrogen and oxygen atoms in total. The third kappa shape index (κ3) is 4.04. The predicted octanol–water partition coefficient (Wildman–Crippen LogP) is 4.78. The number of hydrogen-bond acceptors (Lipinski definition) is 3. The fraction of sp³-hybridized carbons (Fsp3) is 0.130. The summed E-state index contributed by atoms with van der Waals surface area (Å²) in [5, 5.41) is 2.94. The summed E-state index contributed by atoms with van der Waals surface area (Å²) < 4.78 is 7.76. The lowest BCUT2D eigenvalue weighted by Crippen LogP contribution is -2.12. The number of nitrogens with one attached hydrogen (secondary N) is 1. The van der Waals surface area contributed by atoms with Crippen molar-refractivity contribution in [2.24, 2.45) is 0 Å². The van der Waals surface area contributed by atoms with Gasteiger partial charge < -0.3 is 14.5 Å². The molecule has 5 heteroatoms. The molecule has 2 heterocycles. The van der Waals surface area contributed by atoms with Crippen molar-refractivity contribution in [3.63, 3.8) is 0 Å². The van der Waals surface area contributed by atoms with Crippen molar-refractivity contribution >= 4 is 17.2 Å². The summed E-state index contributed by atoms with van der Waals surface area (Å²) in [5.74, 6) is 0.553. The van der Waals surface area contributed by atoms with E-state index in [1.54, 1.807) is 24.3 Å². The molecule has 0 saturated heterocycles. The fourth-order valence-corrected chi connectivity index (χ4v) is 3.17. The second kappa shape index (κ2) is 7.56. The summed E-state index contributed by atoms with van der Waals surface area (Å²) in [6.45, 7) is 4.39. The molecule has 0 spiro atoms. The van der Waals surface area contributed by atoms with Crippen LogP contribution in [0.5, 0.6) is 5.75 Å². The van der Waals surface area contributed by atoms with Crippen molar-refractivity contribution in [2.45, 2.75) is 20.5 Å². The van der Waals surface area contributed by atoms with Gasteiger partial charge >= 0.3 is 0 Å². The van der Waals surface area contributed by atoms with Gasteiger partial charge in [0.25, 0.3) is 5.91 Å². The number of aromatic nitrogens is 2. The highest BCUT2D eigenvalue weighted by molar-refractivity contribution is 6.04. The van der Waals surface area contributed by atoms with Crippen molar-refractivity contribution in [3.05, 3.63) is 95.4 Å². The molecule has 1 N–H and O–H groups in total. The number of ether oxygens (including phenoxy) is 1. The molecule has 2 aromatic carbocycles. The van der Waals surface area contributed by atoms with Gasteiger partial charge in [0, 0.05) is 23.6 Å². The van der Waals surface area contributed by atoms with E-state index in [4.69, 9.17) is 4.74 Å². The van der Waals surface area contributed by atoms with Gasteiger partial charge in [-0.1, -0.05) is 12.1 Å². The van der Waals surface area contributed by atoms with Gasteiger partial charge in [0.1, 0.15) is 18.0 Å². The van der Waals surface area contributed by atoms with Gasteiger partial charge in [-0.25, -0.2) is 4.98 Å². The zero-order valence-corrected chi connectivity index (χ0v) is 15.8. The molecule has 0 saturated carbocycles. The van der Waals surface area contributed by atoms with E-state index >= 15 is 0 Å². The third-order valence-electron chi connectivity index (χ3n) is 4.40. The van der Waals surface area contributed by atoms with E-state index in [1.807, 2.05) is 61.0 Å². The number of nitrogens with zero attached hydrogens (tertiary/aromatic N) is 2. The minimum atomic E-state index is -0.142. The zero-order valence-electron chi connectivity index (χ0n) is 15.8. The van der Waals surface area contributed by atoms with Gasteiger partial charge in [-0.2, -0.15) is 0 Å². The largest absolute Gasteiger partial charge is 0.487 e. The van der Waals surface area contributed by atoms with E-state index in [0.29, 0.717) is 17.9 Å². The highest BCUT2D eigenvalue weighted by Crippen LogP contribution is 2.18. The average molecular weight is 371 g/mol. The van der Waals surface area contributed by atoms with Crippen LogP contribution in [0.3, 0.4) is 0 Å². The Morgan fingerprint density at radius 1 is 1.04 bits per heavy atom. The molecule has 0 atom stereocenters. The number of amides is 1. The van der Waals surface area contributed by atoms with Gasteiger partial charge in [-0.05, 0) is 73.5 Å². The van der Waals surface area contributed by atoms with E-state index in [1.165, 1.54) is 0 Å². The van der Waals surface area contributed by atoms with E-state index in [0.717, 1.165) is 28.2 Å². The SMILES string of the molecule is Cc1cc(C)cc(NC(=O)c2ccc(OCc3cn4ccccc4n3)cc2)c1. The summed E-state index contributed by atoms with van der Waals surface area (Å²) in [6.07, 6.45) is 3.90. The molecule has 0 bridgehead atoms. The van der Waals surface area contributed by atoms with Gasteiger partial charge in [0.15, 0.2) is 0 Å². The molecule has 4 aromatic rings. The van der Waals surface area contributed by atoms with Crippen LogP contribution in [-0.4, -0.2) is 15.3 Å². The van der Waals surface area contributed by atoms with Crippen LogP contribution in [0.4, 0.5) is 5.69 Å². The molecule has 0 aliphatic rings. The van der Waals surface area contributed by atoms with Gasteiger partial charge in [-0.3, -0.25) is 4.79 Å². The lowest BCUT2D eigenvalue weighted by atomic mass is 10.1. The van der Waals surface area contributed by atoms with Crippen LogP contribution in [0.1, 0.15) is 27.2 Å². The van der Waals surface area contributed by atoms with Crippen molar-refractivity contribution in [3.8, 4) is 5.75 Å². The average Bonchev–Trinajstić information content (AvgIpc) is 3.09. The Labute approximate surface area is 163 Å². The topological polar surface area (TPSA) is 55.6 Å². The molecule has 1 amide bonds. The van der Waals surface area contributed by atoms with Crippen molar-refractivity contribution in [1.29, 1.82) is 0 Å². The molecule has 28 heavy (non-hydrogen) atoms. The molecule has 2 aromatic heterocycles. The number of carbonyl (C=O) groups is 1. The Bertz CT molecular complexity index is 1080. The third-order valence-corrected chi connectivity index (χ3v) is 4.40. The van der Waals surface area contributed by atoms with Gasteiger partial charge in [-0.15, -0.1) is 0 Å². The Morgan fingerprint density at radius 2 is 1.79 bits per heavy atom. The first kappa shape index (κ1) is 17.8. The number of pyridine rings is 1. The molecular formula is C23H21N3O2. The molecule has 0 aliphatic heterocycles. The van der Waals surface area contributed by atoms with Crippen molar-refractivity contribution < 1.29 is 9.53 Å². The number of benzene rings is 2. The van der Waals surface area contributed by atoms with Crippen molar-refractivity contribution in [1.82, 2.24) is 9.38 Å². The molecule has 4 rings (SSSR count). The summed E-state index contributed by atoms with van der Waals surface area (Å²) in [6, 6.07) is 19.0. The first-order valence-corrected chi connectivity index (χ1v) is 9.12. The fourth-order valence-electron chi connectivity index (χ4n) is 3.17. The van der Waals surface area contributed by atoms with E-state index < -0.39 is 0 Å². The van der Waals surface area contributed by atoms with E-state index in [-0.39, 0.29) is 5.91 Å². The molecular weight excluding hydrogens is 350 g/mol. The number of rotatable bonds is 5. The summed E-state index contributed by atoms with van der Waals surface area (Å²) in [4.78, 5) is 17.0. The van der Waals surface area contributed by atoms with Gasteiger partial charge in [0.2, 0.25) is 0 Å². The molecule has 0 aliphatic carbocycles. The smallest absolute Gasteiger partial charge is 0.255 e. The van der Waals surface area contributed by atoms with Crippen LogP contribution in [0.25, 0.3) is 5.65 Å². The second-order valence-electron chi connectivity index (χ2n) is 6.84. The van der Waals surface area contributed by atoms with Crippen LogP contribution in [0.15, 0.2) is 73.1 Å². The summed E-state index contributed by atoms with van der Waals surface area (Å²) in [7, 11) is 0. The maximum atomic E-state index is 12.5. The normalized spacial score (nSPS) is 10.8. The predicted molar refractivity (Wildman–Crippen MR) is 110 cm³/mol. The number of aryl methyl sites for hydroxylation is 2. The quantitative estimate of drug-likeness (QED) is 0.549. The van der Waals surface area contributed by atoms with E-state index in [2.05, 4.69) is 16.4 Å². The maximum absolute atomic E-state index is 12.5. The summed E-state index contributed by atoms with van der Waals surface area (Å²) in [5.41, 5.74) is 5.35. The molecule has 0 fully saturated rings. The Morgan fingerprint density at radius 3 is 2.50 bits per heavy atom. The number of carbonyl (C=O) groups excluding carboxylic acids is 1. The van der Waals surface area contributed by atoms with Crippen LogP contribution in [-0.2, 0) is 6.61 Å². The first-order valence-electron chi connectivity index (χ1n) is 9.12. The standard InChI is InChI=1S/C23H21N3O2/c1-16-11-17(2)13-19(12-16)25-23(27)18-6-8-21(9-7-18)28-15-20-14-26-10-4-3-5-22(26)24-20/h3-14H,15H2,1-2H3,(H,25,27). The Balaban J connectivity index is 1.39. The second-order valence-corrected chi connectivity index (χ2v) is 6.84. The first-order chi connectivity index (χ1) is 13.6. The highest BCUT2D eigenvalue weighted by atomic mass is 16.5. The van der Waals surface area contributed by atoms with Crippen LogP contribution in [0, 0.1) is 13.8 Å².